The zero-order valence-corrected chi connectivity index (χ0v) is 14.0. The number of aliphatic hydroxyl groups is 1. The van der Waals surface area contributed by atoms with Crippen LogP contribution in [0.5, 0.6) is 0 Å². The van der Waals surface area contributed by atoms with Gasteiger partial charge in [-0.25, -0.2) is 0 Å². The number of rotatable bonds is 0. The summed E-state index contributed by atoms with van der Waals surface area (Å²) in [6, 6.07) is 5.68. The first kappa shape index (κ1) is 16.5. The average molecular weight is 355 g/mol. The highest BCUT2D eigenvalue weighted by molar-refractivity contribution is 5.84. The number of hydrogen-bond acceptors (Lipinski definition) is 4. The van der Waals surface area contributed by atoms with Crippen molar-refractivity contribution in [2.24, 2.45) is 0 Å². The van der Waals surface area contributed by atoms with Crippen LogP contribution in [0.2, 0.25) is 0 Å². The molecule has 0 saturated carbocycles. The summed E-state index contributed by atoms with van der Waals surface area (Å²) in [5.41, 5.74) is 2.22. The lowest BCUT2D eigenvalue weighted by molar-refractivity contribution is -0.187. The standard InChI is InChI=1S/C17H20F3N3O2/c1-16-9-22(15(25)17(18,19)20)7-6-12(16)23-8-13(24)21(2)11-5-3-4-10(16)14(11)23/h3-5,12-13,24H,6-9H2,1-2H3. The molecule has 0 spiro atoms. The number of fused-ring (bicyclic) bond motifs is 3. The van der Waals surface area contributed by atoms with Crippen LogP contribution >= 0.6 is 0 Å². The maximum Gasteiger partial charge on any atom is 0.471 e. The number of alkyl halides is 3. The van der Waals surface area contributed by atoms with Crippen molar-refractivity contribution in [2.75, 3.05) is 36.5 Å². The molecule has 1 N–H and O–H groups in total. The van der Waals surface area contributed by atoms with Crippen molar-refractivity contribution >= 4 is 17.3 Å². The Kier molecular flexibility index (Phi) is 3.32. The second kappa shape index (κ2) is 5.03. The smallest absolute Gasteiger partial charge is 0.372 e. The van der Waals surface area contributed by atoms with Gasteiger partial charge in [-0.3, -0.25) is 4.79 Å². The molecule has 1 fully saturated rings. The number of para-hydroxylation sites is 1. The Labute approximate surface area is 143 Å². The molecule has 1 aromatic carbocycles. The second-order valence-electron chi connectivity index (χ2n) is 7.36. The van der Waals surface area contributed by atoms with Crippen molar-refractivity contribution in [1.82, 2.24) is 4.90 Å². The summed E-state index contributed by atoms with van der Waals surface area (Å²) >= 11 is 0. The van der Waals surface area contributed by atoms with Crippen molar-refractivity contribution in [2.45, 2.75) is 37.2 Å². The molecule has 136 valence electrons. The van der Waals surface area contributed by atoms with Crippen LogP contribution in [-0.2, 0) is 10.2 Å². The molecule has 0 bridgehead atoms. The third-order valence-electron chi connectivity index (χ3n) is 5.94. The topological polar surface area (TPSA) is 47.0 Å². The van der Waals surface area contributed by atoms with Crippen molar-refractivity contribution in [3.05, 3.63) is 23.8 Å². The van der Waals surface area contributed by atoms with E-state index in [0.717, 1.165) is 21.8 Å². The van der Waals surface area contributed by atoms with Gasteiger partial charge in [0.05, 0.1) is 17.9 Å². The zero-order valence-electron chi connectivity index (χ0n) is 14.0. The Morgan fingerprint density at radius 3 is 2.76 bits per heavy atom. The monoisotopic (exact) mass is 355 g/mol. The molecule has 3 aliphatic heterocycles. The molecule has 8 heteroatoms. The van der Waals surface area contributed by atoms with Gasteiger partial charge in [-0.15, -0.1) is 0 Å². The van der Waals surface area contributed by atoms with Crippen LogP contribution in [0, 0.1) is 0 Å². The Morgan fingerprint density at radius 2 is 2.08 bits per heavy atom. The summed E-state index contributed by atoms with van der Waals surface area (Å²) < 4.78 is 38.6. The summed E-state index contributed by atoms with van der Waals surface area (Å²) in [5, 5.41) is 10.3. The molecule has 0 aromatic heterocycles. The van der Waals surface area contributed by atoms with E-state index in [9.17, 15) is 23.1 Å². The second-order valence-corrected chi connectivity index (χ2v) is 7.36. The van der Waals surface area contributed by atoms with Gasteiger partial charge >= 0.3 is 12.1 Å². The minimum absolute atomic E-state index is 0.0238. The Hall–Kier alpha value is -1.96. The van der Waals surface area contributed by atoms with E-state index < -0.39 is 23.7 Å². The number of hydrogen-bond donors (Lipinski definition) is 1. The summed E-state index contributed by atoms with van der Waals surface area (Å²) in [6.45, 7) is 2.44. The van der Waals surface area contributed by atoms with Crippen molar-refractivity contribution < 1.29 is 23.1 Å². The number of aliphatic hydroxyl groups excluding tert-OH is 1. The molecular formula is C17H20F3N3O2. The fraction of sp³-hybridized carbons (Fsp3) is 0.588. The van der Waals surface area contributed by atoms with Gasteiger partial charge in [-0.1, -0.05) is 19.1 Å². The van der Waals surface area contributed by atoms with E-state index in [1.54, 1.807) is 11.9 Å². The molecular weight excluding hydrogens is 335 g/mol. The Balaban J connectivity index is 1.77. The van der Waals surface area contributed by atoms with Crippen LogP contribution in [-0.4, -0.2) is 61.0 Å². The van der Waals surface area contributed by atoms with E-state index in [4.69, 9.17) is 0 Å². The van der Waals surface area contributed by atoms with E-state index in [1.807, 2.05) is 25.1 Å². The number of carbonyl (C=O) groups excluding carboxylic acids is 1. The van der Waals surface area contributed by atoms with Crippen molar-refractivity contribution in [3.63, 3.8) is 0 Å². The normalized spacial score (nSPS) is 31.0. The molecule has 1 amide bonds. The minimum atomic E-state index is -4.85. The highest BCUT2D eigenvalue weighted by Crippen LogP contribution is 2.54. The van der Waals surface area contributed by atoms with Gasteiger partial charge in [-0.2, -0.15) is 13.2 Å². The number of piperidine rings is 1. The summed E-state index contributed by atoms with van der Waals surface area (Å²) in [4.78, 5) is 16.6. The van der Waals surface area contributed by atoms with Gasteiger partial charge in [0.2, 0.25) is 0 Å². The van der Waals surface area contributed by atoms with E-state index in [0.29, 0.717) is 13.0 Å². The first-order valence-electron chi connectivity index (χ1n) is 8.32. The van der Waals surface area contributed by atoms with Crippen LogP contribution in [0.15, 0.2) is 18.2 Å². The maximum atomic E-state index is 12.9. The van der Waals surface area contributed by atoms with Crippen molar-refractivity contribution in [1.29, 1.82) is 0 Å². The molecule has 0 radical (unpaired) electrons. The third-order valence-corrected chi connectivity index (χ3v) is 5.94. The first-order valence-corrected chi connectivity index (χ1v) is 8.32. The molecule has 4 rings (SSSR count). The van der Waals surface area contributed by atoms with Crippen molar-refractivity contribution in [3.8, 4) is 0 Å². The van der Waals surface area contributed by atoms with E-state index in [1.165, 1.54) is 0 Å². The molecule has 3 atom stereocenters. The largest absolute Gasteiger partial charge is 0.471 e. The fourth-order valence-electron chi connectivity index (χ4n) is 4.71. The number of benzene rings is 1. The number of nitrogens with zero attached hydrogens (tertiary/aromatic N) is 3. The molecule has 5 nitrogen and oxygen atoms in total. The lowest BCUT2D eigenvalue weighted by Gasteiger charge is -2.47. The first-order chi connectivity index (χ1) is 11.6. The van der Waals surface area contributed by atoms with E-state index >= 15 is 0 Å². The van der Waals surface area contributed by atoms with Crippen LogP contribution in [0.25, 0.3) is 0 Å². The molecule has 1 saturated heterocycles. The van der Waals surface area contributed by atoms with Crippen LogP contribution < -0.4 is 9.80 Å². The highest BCUT2D eigenvalue weighted by Gasteiger charge is 2.56. The SMILES string of the molecule is CN1c2cccc3c2N(CC1O)C1CCN(C(=O)C(F)(F)F)CC31C. The number of amides is 1. The number of likely N-dealkylation sites (tertiary alicyclic amines) is 1. The number of carbonyl (C=O) groups is 1. The Bertz CT molecular complexity index is 738. The van der Waals surface area contributed by atoms with Crippen LogP contribution in [0.3, 0.4) is 0 Å². The average Bonchev–Trinajstić information content (AvgIpc) is 2.80. The van der Waals surface area contributed by atoms with Gasteiger partial charge in [0, 0.05) is 31.6 Å². The van der Waals surface area contributed by atoms with Gasteiger partial charge in [0.15, 0.2) is 0 Å². The Morgan fingerprint density at radius 1 is 1.36 bits per heavy atom. The molecule has 0 aliphatic carbocycles. The minimum Gasteiger partial charge on any atom is -0.372 e. The number of anilines is 2. The summed E-state index contributed by atoms with van der Waals surface area (Å²) in [7, 11) is 1.81. The molecule has 3 aliphatic rings. The van der Waals surface area contributed by atoms with Gasteiger partial charge < -0.3 is 19.8 Å². The molecule has 3 heterocycles. The maximum absolute atomic E-state index is 12.9. The fourth-order valence-corrected chi connectivity index (χ4v) is 4.71. The number of likely N-dealkylation sites (N-methyl/N-ethyl adjacent to an activating group) is 1. The predicted octanol–water partition coefficient (Wildman–Crippen LogP) is 1.70. The lowest BCUT2D eigenvalue weighted by Crippen LogP contribution is -2.60. The molecule has 3 unspecified atom stereocenters. The lowest BCUT2D eigenvalue weighted by atomic mass is 9.74. The van der Waals surface area contributed by atoms with Crippen LogP contribution in [0.1, 0.15) is 18.9 Å². The summed E-state index contributed by atoms with van der Waals surface area (Å²) in [6.07, 6.45) is -5.07. The van der Waals surface area contributed by atoms with Gasteiger partial charge in [0.25, 0.3) is 0 Å². The molecule has 1 aromatic rings. The zero-order chi connectivity index (χ0) is 18.1. The quantitative estimate of drug-likeness (QED) is 0.770. The van der Waals surface area contributed by atoms with Gasteiger partial charge in [-0.05, 0) is 18.1 Å². The highest BCUT2D eigenvalue weighted by atomic mass is 19.4. The van der Waals surface area contributed by atoms with E-state index in [-0.39, 0.29) is 19.1 Å². The third kappa shape index (κ3) is 2.16. The van der Waals surface area contributed by atoms with Gasteiger partial charge in [0.1, 0.15) is 6.23 Å². The predicted molar refractivity (Wildman–Crippen MR) is 86.6 cm³/mol. The summed E-state index contributed by atoms with van der Waals surface area (Å²) in [5.74, 6) is -1.77. The van der Waals surface area contributed by atoms with E-state index in [2.05, 4.69) is 4.90 Å². The van der Waals surface area contributed by atoms with Crippen LogP contribution in [0.4, 0.5) is 24.5 Å². The number of halogens is 3. The molecule has 25 heavy (non-hydrogen) atoms.